The number of phenols is 1. The first-order chi connectivity index (χ1) is 21.6. The number of benzene rings is 3. The first-order valence-electron chi connectivity index (χ1n) is 14.6. The van der Waals surface area contributed by atoms with Gasteiger partial charge in [-0.3, -0.25) is 14.3 Å². The maximum Gasteiger partial charge on any atom is 0.165 e. The minimum Gasteiger partial charge on any atom is -0.507 e. The number of rotatable bonds is 7. The number of piperazine rings is 1. The molecule has 6 aromatic rings. The molecule has 1 aliphatic heterocycles. The molecule has 3 aromatic carbocycles. The molecule has 0 spiro atoms. The molecule has 9 nitrogen and oxygen atoms in total. The van der Waals surface area contributed by atoms with E-state index in [1.54, 1.807) is 18.3 Å². The van der Waals surface area contributed by atoms with E-state index in [9.17, 15) is 9.90 Å². The van der Waals surface area contributed by atoms with Crippen LogP contribution in [0.1, 0.15) is 15.9 Å². The Balaban J connectivity index is 1.15. The number of anilines is 2. The van der Waals surface area contributed by atoms with Gasteiger partial charge >= 0.3 is 0 Å². The molecule has 7 rings (SSSR count). The number of hydrogen-bond acceptors (Lipinski definition) is 8. The van der Waals surface area contributed by atoms with Crippen LogP contribution in [0.4, 0.5) is 11.5 Å². The Morgan fingerprint density at radius 3 is 2.34 bits per heavy atom. The summed E-state index contributed by atoms with van der Waals surface area (Å²) in [6, 6.07) is 31.6. The lowest BCUT2D eigenvalue weighted by molar-refractivity contribution is 0.112. The molecule has 0 bridgehead atoms. The summed E-state index contributed by atoms with van der Waals surface area (Å²) in [5.74, 6) is 1.12. The Hall–Kier alpha value is -5.54. The fourth-order valence-corrected chi connectivity index (χ4v) is 5.76. The molecule has 1 aliphatic rings. The van der Waals surface area contributed by atoms with Crippen LogP contribution in [0.2, 0.25) is 0 Å². The average Bonchev–Trinajstić information content (AvgIpc) is 3.45. The van der Waals surface area contributed by atoms with E-state index in [1.807, 2.05) is 48.5 Å². The van der Waals surface area contributed by atoms with Gasteiger partial charge in [0.1, 0.15) is 17.1 Å². The molecular formula is C35H31N7O2. The molecule has 3 N–H and O–H groups in total. The Labute approximate surface area is 254 Å². The Morgan fingerprint density at radius 2 is 1.59 bits per heavy atom. The maximum atomic E-state index is 11.3. The Morgan fingerprint density at radius 1 is 0.818 bits per heavy atom. The highest BCUT2D eigenvalue weighted by Crippen LogP contribution is 2.32. The molecule has 218 valence electrons. The minimum absolute atomic E-state index is 0.0120. The van der Waals surface area contributed by atoms with E-state index in [1.165, 1.54) is 5.56 Å². The summed E-state index contributed by atoms with van der Waals surface area (Å²) in [6.07, 6.45) is 2.37. The third-order valence-corrected chi connectivity index (χ3v) is 8.13. The van der Waals surface area contributed by atoms with Gasteiger partial charge in [-0.15, -0.1) is 0 Å². The highest BCUT2D eigenvalue weighted by atomic mass is 16.3. The zero-order valence-corrected chi connectivity index (χ0v) is 24.0. The van der Waals surface area contributed by atoms with Crippen molar-refractivity contribution in [2.45, 2.75) is 6.54 Å². The molecule has 0 saturated carbocycles. The summed E-state index contributed by atoms with van der Waals surface area (Å²) in [7, 11) is 0. The predicted molar refractivity (Wildman–Crippen MR) is 173 cm³/mol. The fraction of sp³-hybridized carbons (Fsp3) is 0.143. The number of phenolic OH excluding ortho intramolecular Hbond substituents is 1. The van der Waals surface area contributed by atoms with Crippen molar-refractivity contribution in [2.24, 2.45) is 0 Å². The molecule has 44 heavy (non-hydrogen) atoms. The van der Waals surface area contributed by atoms with E-state index < -0.39 is 0 Å². The van der Waals surface area contributed by atoms with Gasteiger partial charge < -0.3 is 15.7 Å². The van der Waals surface area contributed by atoms with Crippen molar-refractivity contribution < 1.29 is 9.90 Å². The van der Waals surface area contributed by atoms with Gasteiger partial charge in [0.25, 0.3) is 0 Å². The van der Waals surface area contributed by atoms with Crippen molar-refractivity contribution in [3.05, 3.63) is 114 Å². The molecule has 0 aliphatic carbocycles. The zero-order valence-electron chi connectivity index (χ0n) is 24.0. The zero-order chi connectivity index (χ0) is 30.0. The number of nitrogens with two attached hydrogens (primary N) is 1. The van der Waals surface area contributed by atoms with Crippen LogP contribution in [0, 0.1) is 0 Å². The van der Waals surface area contributed by atoms with Crippen LogP contribution in [0.15, 0.2) is 103 Å². The molecule has 0 radical (unpaired) electrons. The van der Waals surface area contributed by atoms with Gasteiger partial charge in [-0.25, -0.2) is 15.0 Å². The smallest absolute Gasteiger partial charge is 0.165 e. The number of fused-ring (bicyclic) bond motifs is 1. The summed E-state index contributed by atoms with van der Waals surface area (Å²) in [5.41, 5.74) is 13.9. The lowest BCUT2D eigenvalue weighted by atomic mass is 10.1. The predicted octanol–water partition coefficient (Wildman–Crippen LogP) is 5.57. The summed E-state index contributed by atoms with van der Waals surface area (Å²) in [5, 5.41) is 9.84. The van der Waals surface area contributed by atoms with Crippen molar-refractivity contribution in [2.75, 3.05) is 36.8 Å². The largest absolute Gasteiger partial charge is 0.507 e. The van der Waals surface area contributed by atoms with E-state index in [0.717, 1.165) is 72.1 Å². The second-order valence-electron chi connectivity index (χ2n) is 10.9. The quantitative estimate of drug-likeness (QED) is 0.235. The maximum absolute atomic E-state index is 11.3. The number of carbonyl (C=O) groups excluding carboxylic acids is 1. The Kier molecular flexibility index (Phi) is 7.21. The molecular weight excluding hydrogens is 550 g/mol. The van der Waals surface area contributed by atoms with Crippen LogP contribution in [-0.2, 0) is 6.54 Å². The number of aldehydes is 1. The van der Waals surface area contributed by atoms with Gasteiger partial charge in [0.2, 0.25) is 0 Å². The van der Waals surface area contributed by atoms with Crippen LogP contribution in [0.5, 0.6) is 5.75 Å². The van der Waals surface area contributed by atoms with Gasteiger partial charge in [-0.1, -0.05) is 42.5 Å². The van der Waals surface area contributed by atoms with Gasteiger partial charge in [0.15, 0.2) is 17.8 Å². The number of hydrogen-bond donors (Lipinski definition) is 2. The van der Waals surface area contributed by atoms with Crippen LogP contribution < -0.4 is 10.6 Å². The molecule has 1 saturated heterocycles. The number of pyridine rings is 2. The van der Waals surface area contributed by atoms with E-state index >= 15 is 0 Å². The van der Waals surface area contributed by atoms with Crippen molar-refractivity contribution >= 4 is 29.0 Å². The normalized spacial score (nSPS) is 13.8. The van der Waals surface area contributed by atoms with Gasteiger partial charge in [-0.2, -0.15) is 0 Å². The third-order valence-electron chi connectivity index (χ3n) is 8.13. The van der Waals surface area contributed by atoms with E-state index in [-0.39, 0.29) is 5.75 Å². The van der Waals surface area contributed by atoms with Crippen LogP contribution in [0.3, 0.4) is 0 Å². The summed E-state index contributed by atoms with van der Waals surface area (Å²) in [6.45, 7) is 4.29. The number of imidazole rings is 1. The van der Waals surface area contributed by atoms with Crippen molar-refractivity contribution in [1.29, 1.82) is 0 Å². The first-order valence-corrected chi connectivity index (χ1v) is 14.6. The lowest BCUT2D eigenvalue weighted by Crippen LogP contribution is -2.46. The van der Waals surface area contributed by atoms with Gasteiger partial charge in [0, 0.05) is 55.9 Å². The highest BCUT2D eigenvalue weighted by molar-refractivity contribution is 5.84. The standard InChI is InChI=1S/C35H31N7O2/c36-33-29(7-4-16-37-33)34-39-31-14-13-30(25-5-2-1-3-6-25)38-35(31)42(34)27-10-8-24(9-11-27)22-40-17-19-41(20-18-40)28-12-15-32(44)26(21-28)23-43/h1-16,21,23,44H,17-20,22H2,(H2,36,37). The van der Waals surface area contributed by atoms with E-state index in [0.29, 0.717) is 23.5 Å². The van der Waals surface area contributed by atoms with Gasteiger partial charge in [-0.05, 0) is 60.2 Å². The minimum atomic E-state index is 0.0120. The molecule has 0 atom stereocenters. The fourth-order valence-electron chi connectivity index (χ4n) is 5.76. The van der Waals surface area contributed by atoms with E-state index in [2.05, 4.69) is 55.7 Å². The van der Waals surface area contributed by atoms with E-state index in [4.69, 9.17) is 15.7 Å². The number of aromatic hydroxyl groups is 1. The second-order valence-corrected chi connectivity index (χ2v) is 10.9. The molecule has 1 fully saturated rings. The topological polar surface area (TPSA) is 113 Å². The highest BCUT2D eigenvalue weighted by Gasteiger charge is 2.20. The SMILES string of the molecule is Nc1ncccc1-c1nc2ccc(-c3ccccc3)nc2n1-c1ccc(CN2CCN(c3ccc(O)c(C=O)c3)CC2)cc1. The first kappa shape index (κ1) is 27.3. The molecule has 3 aromatic heterocycles. The number of nitrogen functional groups attached to an aromatic ring is 1. The Bertz CT molecular complexity index is 1950. The van der Waals surface area contributed by atoms with Crippen molar-refractivity contribution in [3.63, 3.8) is 0 Å². The summed E-state index contributed by atoms with van der Waals surface area (Å²) < 4.78 is 2.06. The number of aromatic nitrogens is 4. The number of nitrogens with zero attached hydrogens (tertiary/aromatic N) is 6. The molecule has 0 amide bonds. The molecule has 9 heteroatoms. The summed E-state index contributed by atoms with van der Waals surface area (Å²) in [4.78, 5) is 30.2. The third kappa shape index (κ3) is 5.25. The van der Waals surface area contributed by atoms with Crippen LogP contribution in [-0.4, -0.2) is 62.0 Å². The van der Waals surface area contributed by atoms with Gasteiger partial charge in [0.05, 0.1) is 16.8 Å². The average molecular weight is 582 g/mol. The van der Waals surface area contributed by atoms with Crippen molar-refractivity contribution in [1.82, 2.24) is 24.4 Å². The molecule has 4 heterocycles. The summed E-state index contributed by atoms with van der Waals surface area (Å²) >= 11 is 0. The monoisotopic (exact) mass is 581 g/mol. The van der Waals surface area contributed by atoms with Crippen LogP contribution >= 0.6 is 0 Å². The van der Waals surface area contributed by atoms with Crippen LogP contribution in [0.25, 0.3) is 39.5 Å². The number of carbonyl (C=O) groups is 1. The van der Waals surface area contributed by atoms with Crippen molar-refractivity contribution in [3.8, 4) is 34.1 Å². The lowest BCUT2D eigenvalue weighted by Gasteiger charge is -2.36. The second kappa shape index (κ2) is 11.6. The molecule has 0 unspecified atom stereocenters.